The van der Waals surface area contributed by atoms with E-state index in [1.807, 2.05) is 18.2 Å². The molecule has 1 aliphatic rings. The largest absolute Gasteiger partial charge is 0.353 e. The summed E-state index contributed by atoms with van der Waals surface area (Å²) >= 11 is 0. The summed E-state index contributed by atoms with van der Waals surface area (Å²) in [6.45, 7) is 2.29. The third kappa shape index (κ3) is 3.37. The van der Waals surface area contributed by atoms with Crippen LogP contribution in [-0.2, 0) is 0 Å². The van der Waals surface area contributed by atoms with Gasteiger partial charge in [-0.3, -0.25) is 4.90 Å². The summed E-state index contributed by atoms with van der Waals surface area (Å²) in [5.41, 5.74) is 3.72. The molecule has 0 N–H and O–H groups in total. The molecule has 1 aliphatic heterocycles. The molecule has 9 heteroatoms. The Labute approximate surface area is 171 Å². The van der Waals surface area contributed by atoms with Crippen molar-refractivity contribution in [2.75, 3.05) is 37.9 Å². The molecule has 1 fully saturated rings. The fourth-order valence-electron chi connectivity index (χ4n) is 3.69. The van der Waals surface area contributed by atoms with E-state index in [4.69, 9.17) is 10.1 Å². The minimum atomic E-state index is -0.429. The van der Waals surface area contributed by atoms with Gasteiger partial charge in [0, 0.05) is 37.3 Å². The molecule has 0 bridgehead atoms. The van der Waals surface area contributed by atoms with Crippen molar-refractivity contribution >= 4 is 11.5 Å². The molecule has 3 aromatic heterocycles. The van der Waals surface area contributed by atoms with Crippen LogP contribution in [0.15, 0.2) is 54.9 Å². The predicted octanol–water partition coefficient (Wildman–Crippen LogP) is 3.04. The van der Waals surface area contributed by atoms with Crippen LogP contribution >= 0.6 is 0 Å². The molecule has 1 saturated heterocycles. The molecule has 4 aromatic rings. The van der Waals surface area contributed by atoms with Crippen LogP contribution in [0.1, 0.15) is 0 Å². The number of rotatable bonds is 4. The number of alkyl halides is 1. The van der Waals surface area contributed by atoms with Gasteiger partial charge in [0.2, 0.25) is 0 Å². The fraction of sp³-hybridized carbons (Fsp3) is 0.238. The van der Waals surface area contributed by atoms with E-state index < -0.39 is 6.80 Å². The van der Waals surface area contributed by atoms with Crippen LogP contribution in [0.3, 0.4) is 0 Å². The second-order valence-corrected chi connectivity index (χ2v) is 7.13. The first-order chi connectivity index (χ1) is 14.7. The number of benzene rings is 1. The van der Waals surface area contributed by atoms with E-state index in [1.54, 1.807) is 33.9 Å². The Kier molecular flexibility index (Phi) is 4.80. The molecule has 0 saturated carbocycles. The summed E-state index contributed by atoms with van der Waals surface area (Å²) in [5.74, 6) is 0.495. The zero-order valence-corrected chi connectivity index (χ0v) is 16.1. The molecule has 0 atom stereocenters. The number of hydrogen-bond acceptors (Lipinski definition) is 6. The van der Waals surface area contributed by atoms with Crippen LogP contribution < -0.4 is 4.90 Å². The zero-order valence-electron chi connectivity index (χ0n) is 16.1. The summed E-state index contributed by atoms with van der Waals surface area (Å²) in [6.07, 6.45) is 3.27. The average molecular weight is 407 g/mol. The lowest BCUT2D eigenvalue weighted by Crippen LogP contribution is -2.46. The number of imidazole rings is 1. The highest BCUT2D eigenvalue weighted by Crippen LogP contribution is 2.32. The molecule has 0 aliphatic carbocycles. The highest BCUT2D eigenvalue weighted by molar-refractivity contribution is 5.81. The second-order valence-electron chi connectivity index (χ2n) is 7.13. The van der Waals surface area contributed by atoms with Crippen molar-refractivity contribution in [2.45, 2.75) is 0 Å². The Balaban J connectivity index is 1.63. The number of hydrogen-bond donors (Lipinski definition) is 0. The van der Waals surface area contributed by atoms with E-state index in [9.17, 15) is 8.78 Å². The monoisotopic (exact) mass is 407 g/mol. The molecule has 0 spiro atoms. The SMILES string of the molecule is FCN1CCN(c2ccc3nc(-c4ccc(F)cc4)c(-c4ccnnc4)n3n2)CC1. The van der Waals surface area contributed by atoms with Gasteiger partial charge in [-0.15, -0.1) is 5.10 Å². The van der Waals surface area contributed by atoms with Crippen molar-refractivity contribution in [1.29, 1.82) is 0 Å². The zero-order chi connectivity index (χ0) is 20.5. The van der Waals surface area contributed by atoms with Gasteiger partial charge in [-0.1, -0.05) is 0 Å². The van der Waals surface area contributed by atoms with Gasteiger partial charge in [-0.05, 0) is 42.5 Å². The predicted molar refractivity (Wildman–Crippen MR) is 109 cm³/mol. The Morgan fingerprint density at radius 1 is 0.867 bits per heavy atom. The van der Waals surface area contributed by atoms with Gasteiger partial charge in [0.15, 0.2) is 5.65 Å². The smallest absolute Gasteiger partial charge is 0.155 e. The first kappa shape index (κ1) is 18.6. The molecular formula is C21H19F2N7. The molecule has 0 unspecified atom stereocenters. The van der Waals surface area contributed by atoms with E-state index in [-0.39, 0.29) is 5.82 Å². The van der Waals surface area contributed by atoms with Crippen LogP contribution in [0.2, 0.25) is 0 Å². The number of nitrogens with zero attached hydrogens (tertiary/aromatic N) is 7. The number of piperazine rings is 1. The lowest BCUT2D eigenvalue weighted by atomic mass is 10.1. The molecule has 152 valence electrons. The van der Waals surface area contributed by atoms with Crippen LogP contribution in [-0.4, -0.2) is 62.7 Å². The summed E-state index contributed by atoms with van der Waals surface area (Å²) in [7, 11) is 0. The molecule has 30 heavy (non-hydrogen) atoms. The van der Waals surface area contributed by atoms with Crippen molar-refractivity contribution in [3.05, 3.63) is 60.7 Å². The van der Waals surface area contributed by atoms with Crippen molar-refractivity contribution in [2.24, 2.45) is 0 Å². The summed E-state index contributed by atoms with van der Waals surface area (Å²) < 4.78 is 28.1. The maximum Gasteiger partial charge on any atom is 0.155 e. The highest BCUT2D eigenvalue weighted by Gasteiger charge is 2.21. The summed E-state index contributed by atoms with van der Waals surface area (Å²) in [6, 6.07) is 11.9. The standard InChI is InChI=1S/C21H19F2N7/c22-14-28-9-11-29(12-10-28)19-6-5-18-26-20(15-1-3-17(23)4-2-15)21(30(18)27-19)16-7-8-24-25-13-16/h1-8,13H,9-12,14H2. The lowest BCUT2D eigenvalue weighted by Gasteiger charge is -2.33. The van der Waals surface area contributed by atoms with Crippen molar-refractivity contribution in [1.82, 2.24) is 29.7 Å². The average Bonchev–Trinajstić information content (AvgIpc) is 3.19. The third-order valence-corrected chi connectivity index (χ3v) is 5.30. The van der Waals surface area contributed by atoms with E-state index in [2.05, 4.69) is 15.1 Å². The lowest BCUT2D eigenvalue weighted by molar-refractivity contribution is 0.176. The Bertz CT molecular complexity index is 1150. The summed E-state index contributed by atoms with van der Waals surface area (Å²) in [4.78, 5) is 8.66. The van der Waals surface area contributed by atoms with E-state index in [0.29, 0.717) is 37.5 Å². The van der Waals surface area contributed by atoms with Crippen LogP contribution in [0.4, 0.5) is 14.6 Å². The minimum absolute atomic E-state index is 0.303. The van der Waals surface area contributed by atoms with Gasteiger partial charge in [0.1, 0.15) is 24.1 Å². The molecule has 0 amide bonds. The van der Waals surface area contributed by atoms with Gasteiger partial charge >= 0.3 is 0 Å². The van der Waals surface area contributed by atoms with Gasteiger partial charge < -0.3 is 4.90 Å². The number of aromatic nitrogens is 5. The molecule has 5 rings (SSSR count). The molecule has 1 aromatic carbocycles. The highest BCUT2D eigenvalue weighted by atomic mass is 19.1. The second kappa shape index (κ2) is 7.75. The molecule has 0 radical (unpaired) electrons. The van der Waals surface area contributed by atoms with Crippen LogP contribution in [0, 0.1) is 5.82 Å². The van der Waals surface area contributed by atoms with Crippen LogP contribution in [0.5, 0.6) is 0 Å². The van der Waals surface area contributed by atoms with Gasteiger partial charge in [-0.2, -0.15) is 10.2 Å². The number of fused-ring (bicyclic) bond motifs is 1. The van der Waals surface area contributed by atoms with E-state index in [1.165, 1.54) is 12.1 Å². The van der Waals surface area contributed by atoms with Crippen molar-refractivity contribution < 1.29 is 8.78 Å². The number of halogens is 2. The molecule has 4 heterocycles. The fourth-order valence-corrected chi connectivity index (χ4v) is 3.69. The molecular weight excluding hydrogens is 388 g/mol. The maximum absolute atomic E-state index is 13.5. The normalized spacial score (nSPS) is 15.1. The third-order valence-electron chi connectivity index (χ3n) is 5.30. The minimum Gasteiger partial charge on any atom is -0.353 e. The summed E-state index contributed by atoms with van der Waals surface area (Å²) in [5, 5.41) is 12.7. The van der Waals surface area contributed by atoms with E-state index >= 15 is 0 Å². The number of anilines is 1. The quantitative estimate of drug-likeness (QED) is 0.485. The van der Waals surface area contributed by atoms with Crippen LogP contribution in [0.25, 0.3) is 28.2 Å². The topological polar surface area (TPSA) is 62.5 Å². The molecule has 7 nitrogen and oxygen atoms in total. The van der Waals surface area contributed by atoms with Gasteiger partial charge in [0.05, 0.1) is 18.1 Å². The van der Waals surface area contributed by atoms with Crippen molar-refractivity contribution in [3.8, 4) is 22.5 Å². The van der Waals surface area contributed by atoms with E-state index in [0.717, 1.165) is 22.6 Å². The van der Waals surface area contributed by atoms with Gasteiger partial charge in [-0.25, -0.2) is 18.3 Å². The Morgan fingerprint density at radius 2 is 1.67 bits per heavy atom. The first-order valence-electron chi connectivity index (χ1n) is 9.69. The van der Waals surface area contributed by atoms with Gasteiger partial charge in [0.25, 0.3) is 0 Å². The Morgan fingerprint density at radius 3 is 2.37 bits per heavy atom. The van der Waals surface area contributed by atoms with Crippen molar-refractivity contribution in [3.63, 3.8) is 0 Å². The first-order valence-corrected chi connectivity index (χ1v) is 9.69. The Hall–Kier alpha value is -3.46. The maximum atomic E-state index is 13.5.